The number of carbonyl (C=O) groups excluding carboxylic acids is 1. The lowest BCUT2D eigenvalue weighted by molar-refractivity contribution is -0.141. The first-order chi connectivity index (χ1) is 8.49. The van der Waals surface area contributed by atoms with Gasteiger partial charge >= 0.3 is 5.97 Å². The van der Waals surface area contributed by atoms with Crippen molar-refractivity contribution < 1.29 is 19.1 Å². The van der Waals surface area contributed by atoms with E-state index in [-0.39, 0.29) is 17.5 Å². The molecule has 1 aromatic carbocycles. The van der Waals surface area contributed by atoms with Crippen LogP contribution in [0.15, 0.2) is 18.2 Å². The molecule has 1 aliphatic carbocycles. The molecule has 1 saturated carbocycles. The van der Waals surface area contributed by atoms with Gasteiger partial charge in [0.2, 0.25) is 0 Å². The molecule has 2 atom stereocenters. The van der Waals surface area contributed by atoms with Gasteiger partial charge in [0, 0.05) is 11.5 Å². The molecule has 0 bridgehead atoms. The van der Waals surface area contributed by atoms with E-state index in [9.17, 15) is 14.0 Å². The van der Waals surface area contributed by atoms with Gasteiger partial charge < -0.3 is 5.11 Å². The molecule has 0 aliphatic heterocycles. The Bertz CT molecular complexity index is 496. The molecule has 0 spiro atoms. The highest BCUT2D eigenvalue weighted by Crippen LogP contribution is 2.33. The SMILES string of the molecule is Cc1cc(C(=O)C2CCC(C(=O)O)C2)ccc1F. The van der Waals surface area contributed by atoms with Gasteiger partial charge in [0.05, 0.1) is 5.92 Å². The van der Waals surface area contributed by atoms with Crippen LogP contribution in [0.4, 0.5) is 4.39 Å². The number of aryl methyl sites for hydroxylation is 1. The molecule has 0 radical (unpaired) electrons. The first-order valence-corrected chi connectivity index (χ1v) is 6.02. The molecule has 1 fully saturated rings. The van der Waals surface area contributed by atoms with E-state index >= 15 is 0 Å². The number of hydrogen-bond donors (Lipinski definition) is 1. The molecular weight excluding hydrogens is 235 g/mol. The Morgan fingerprint density at radius 1 is 1.28 bits per heavy atom. The van der Waals surface area contributed by atoms with Crippen molar-refractivity contribution >= 4 is 11.8 Å². The lowest BCUT2D eigenvalue weighted by atomic mass is 9.94. The molecule has 1 aliphatic rings. The van der Waals surface area contributed by atoms with Crippen LogP contribution in [0, 0.1) is 24.6 Å². The Kier molecular flexibility index (Phi) is 3.45. The Morgan fingerprint density at radius 2 is 1.94 bits per heavy atom. The van der Waals surface area contributed by atoms with Crippen molar-refractivity contribution in [3.63, 3.8) is 0 Å². The zero-order chi connectivity index (χ0) is 13.3. The number of carboxylic acid groups (broad SMARTS) is 1. The Labute approximate surface area is 105 Å². The Morgan fingerprint density at radius 3 is 2.50 bits per heavy atom. The number of aliphatic carboxylic acids is 1. The third-order valence-electron chi connectivity index (χ3n) is 3.60. The van der Waals surface area contributed by atoms with Crippen LogP contribution >= 0.6 is 0 Å². The highest BCUT2D eigenvalue weighted by Gasteiger charge is 2.34. The highest BCUT2D eigenvalue weighted by atomic mass is 19.1. The summed E-state index contributed by atoms with van der Waals surface area (Å²) in [6.07, 6.45) is 1.54. The van der Waals surface area contributed by atoms with Crippen LogP contribution in [-0.4, -0.2) is 16.9 Å². The average molecular weight is 250 g/mol. The second-order valence-electron chi connectivity index (χ2n) is 4.87. The molecule has 0 amide bonds. The third-order valence-corrected chi connectivity index (χ3v) is 3.60. The largest absolute Gasteiger partial charge is 0.481 e. The summed E-state index contributed by atoms with van der Waals surface area (Å²) in [5.74, 6) is -1.89. The number of halogens is 1. The van der Waals surface area contributed by atoms with E-state index < -0.39 is 11.9 Å². The van der Waals surface area contributed by atoms with E-state index in [1.54, 1.807) is 6.92 Å². The molecule has 4 heteroatoms. The molecule has 2 unspecified atom stereocenters. The van der Waals surface area contributed by atoms with E-state index in [0.29, 0.717) is 30.4 Å². The summed E-state index contributed by atoms with van der Waals surface area (Å²) in [5, 5.41) is 8.90. The average Bonchev–Trinajstić information content (AvgIpc) is 2.81. The van der Waals surface area contributed by atoms with Crippen molar-refractivity contribution in [2.75, 3.05) is 0 Å². The summed E-state index contributed by atoms with van der Waals surface area (Å²) in [7, 11) is 0. The maximum atomic E-state index is 13.1. The summed E-state index contributed by atoms with van der Waals surface area (Å²) >= 11 is 0. The molecule has 3 nitrogen and oxygen atoms in total. The van der Waals surface area contributed by atoms with Crippen molar-refractivity contribution in [3.05, 3.63) is 35.1 Å². The molecule has 1 N–H and O–H groups in total. The molecule has 0 saturated heterocycles. The van der Waals surface area contributed by atoms with Crippen LogP contribution in [0.2, 0.25) is 0 Å². The normalized spacial score (nSPS) is 23.0. The van der Waals surface area contributed by atoms with Gasteiger partial charge in [0.1, 0.15) is 5.82 Å². The molecule has 1 aromatic rings. The van der Waals surface area contributed by atoms with E-state index in [1.807, 2.05) is 0 Å². The van der Waals surface area contributed by atoms with Crippen LogP contribution in [0.1, 0.15) is 35.2 Å². The molecule has 0 aromatic heterocycles. The minimum Gasteiger partial charge on any atom is -0.481 e. The second-order valence-corrected chi connectivity index (χ2v) is 4.87. The van der Waals surface area contributed by atoms with E-state index in [4.69, 9.17) is 5.11 Å². The van der Waals surface area contributed by atoms with Gasteiger partial charge in [-0.2, -0.15) is 0 Å². The number of carbonyl (C=O) groups is 2. The fourth-order valence-corrected chi connectivity index (χ4v) is 2.48. The van der Waals surface area contributed by atoms with Crippen molar-refractivity contribution in [1.82, 2.24) is 0 Å². The molecule has 96 valence electrons. The number of benzene rings is 1. The number of rotatable bonds is 3. The molecular formula is C14H15FO3. The topological polar surface area (TPSA) is 54.4 Å². The standard InChI is InChI=1S/C14H15FO3/c1-8-6-9(4-5-12(8)15)13(16)10-2-3-11(7-10)14(17)18/h4-6,10-11H,2-3,7H2,1H3,(H,17,18). The van der Waals surface area contributed by atoms with Crippen molar-refractivity contribution in [1.29, 1.82) is 0 Å². The monoisotopic (exact) mass is 250 g/mol. The molecule has 2 rings (SSSR count). The summed E-state index contributed by atoms with van der Waals surface area (Å²) in [5.41, 5.74) is 0.915. The summed E-state index contributed by atoms with van der Waals surface area (Å²) in [6, 6.07) is 4.29. The Balaban J connectivity index is 2.12. The fraction of sp³-hybridized carbons (Fsp3) is 0.429. The van der Waals surface area contributed by atoms with Gasteiger partial charge in [-0.25, -0.2) is 4.39 Å². The van der Waals surface area contributed by atoms with Gasteiger partial charge in [-0.15, -0.1) is 0 Å². The van der Waals surface area contributed by atoms with Crippen LogP contribution in [0.3, 0.4) is 0 Å². The van der Waals surface area contributed by atoms with Crippen LogP contribution < -0.4 is 0 Å². The van der Waals surface area contributed by atoms with Gasteiger partial charge in [-0.1, -0.05) is 0 Å². The van der Waals surface area contributed by atoms with Crippen molar-refractivity contribution in [2.24, 2.45) is 11.8 Å². The van der Waals surface area contributed by atoms with Crippen molar-refractivity contribution in [3.8, 4) is 0 Å². The van der Waals surface area contributed by atoms with Crippen molar-refractivity contribution in [2.45, 2.75) is 26.2 Å². The van der Waals surface area contributed by atoms with E-state index in [0.717, 1.165) is 0 Å². The maximum absolute atomic E-state index is 13.1. The van der Waals surface area contributed by atoms with E-state index in [2.05, 4.69) is 0 Å². The first-order valence-electron chi connectivity index (χ1n) is 6.02. The summed E-state index contributed by atoms with van der Waals surface area (Å²) in [4.78, 5) is 23.0. The van der Waals surface area contributed by atoms with E-state index in [1.165, 1.54) is 18.2 Å². The number of Topliss-reactive ketones (excluding diaryl/α,β-unsaturated/α-hetero) is 1. The molecule has 18 heavy (non-hydrogen) atoms. The zero-order valence-electron chi connectivity index (χ0n) is 10.1. The van der Waals surface area contributed by atoms with Gasteiger partial charge in [-0.3, -0.25) is 9.59 Å². The summed E-state index contributed by atoms with van der Waals surface area (Å²) < 4.78 is 13.1. The minimum atomic E-state index is -0.833. The highest BCUT2D eigenvalue weighted by molar-refractivity contribution is 5.98. The lowest BCUT2D eigenvalue weighted by Crippen LogP contribution is -2.15. The number of ketones is 1. The van der Waals surface area contributed by atoms with Crippen LogP contribution in [-0.2, 0) is 4.79 Å². The summed E-state index contributed by atoms with van der Waals surface area (Å²) in [6.45, 7) is 1.61. The number of carboxylic acids is 1. The maximum Gasteiger partial charge on any atom is 0.306 e. The van der Waals surface area contributed by atoms with Crippen LogP contribution in [0.5, 0.6) is 0 Å². The predicted octanol–water partition coefficient (Wildman–Crippen LogP) is 2.82. The second kappa shape index (κ2) is 4.88. The number of hydrogen-bond acceptors (Lipinski definition) is 2. The fourth-order valence-electron chi connectivity index (χ4n) is 2.48. The Hall–Kier alpha value is -1.71. The van der Waals surface area contributed by atoms with Gasteiger partial charge in [0.15, 0.2) is 5.78 Å². The van der Waals surface area contributed by atoms with Crippen LogP contribution in [0.25, 0.3) is 0 Å². The third kappa shape index (κ3) is 2.42. The van der Waals surface area contributed by atoms with Gasteiger partial charge in [-0.05, 0) is 49.9 Å². The quantitative estimate of drug-likeness (QED) is 0.839. The lowest BCUT2D eigenvalue weighted by Gasteiger charge is -2.09. The first kappa shape index (κ1) is 12.7. The molecule has 0 heterocycles. The predicted molar refractivity (Wildman–Crippen MR) is 63.9 cm³/mol. The smallest absolute Gasteiger partial charge is 0.306 e. The van der Waals surface area contributed by atoms with Gasteiger partial charge in [0.25, 0.3) is 0 Å². The minimum absolute atomic E-state index is 0.0677. The zero-order valence-corrected chi connectivity index (χ0v) is 10.1.